The summed E-state index contributed by atoms with van der Waals surface area (Å²) in [4.78, 5) is 0. The summed E-state index contributed by atoms with van der Waals surface area (Å²) in [7, 11) is 3.31. The Labute approximate surface area is 60.9 Å². The van der Waals surface area contributed by atoms with Crippen LogP contribution < -0.4 is 0 Å². The van der Waals surface area contributed by atoms with E-state index in [4.69, 9.17) is 9.47 Å². The Hall–Kier alpha value is 0.270. The molecule has 0 aromatic heterocycles. The molecule has 0 heterocycles. The van der Waals surface area contributed by atoms with Crippen molar-refractivity contribution in [3.63, 3.8) is 0 Å². The highest BCUT2D eigenvalue weighted by molar-refractivity contribution is 7.99. The van der Waals surface area contributed by atoms with Gasteiger partial charge >= 0.3 is 0 Å². The monoisotopic (exact) mass is 150 g/mol. The third-order valence-corrected chi connectivity index (χ3v) is 1.90. The Bertz CT molecular complexity index is 55.0. The Morgan fingerprint density at radius 1 is 1.33 bits per heavy atom. The molecule has 0 fully saturated rings. The quantitative estimate of drug-likeness (QED) is 0.551. The van der Waals surface area contributed by atoms with Crippen molar-refractivity contribution in [2.24, 2.45) is 0 Å². The zero-order valence-corrected chi connectivity index (χ0v) is 7.03. The first-order chi connectivity index (χ1) is 4.35. The first-order valence-corrected chi connectivity index (χ1v) is 4.14. The summed E-state index contributed by atoms with van der Waals surface area (Å²) in [5, 5.41) is 0. The number of thioether (sulfide) groups is 1. The molecule has 3 heteroatoms. The van der Waals surface area contributed by atoms with E-state index in [1.54, 1.807) is 14.2 Å². The van der Waals surface area contributed by atoms with Crippen LogP contribution in [0.2, 0.25) is 0 Å². The van der Waals surface area contributed by atoms with Crippen molar-refractivity contribution >= 4 is 11.8 Å². The van der Waals surface area contributed by atoms with E-state index in [1.807, 2.05) is 11.8 Å². The molecule has 0 aromatic rings. The highest BCUT2D eigenvalue weighted by atomic mass is 32.2. The summed E-state index contributed by atoms with van der Waals surface area (Å²) in [6.07, 6.45) is -0.0325. The van der Waals surface area contributed by atoms with Crippen LogP contribution in [0, 0.1) is 0 Å². The molecular weight excluding hydrogens is 136 g/mol. The van der Waals surface area contributed by atoms with Gasteiger partial charge in [0.1, 0.15) is 0 Å². The van der Waals surface area contributed by atoms with Gasteiger partial charge in [-0.2, -0.15) is 11.8 Å². The number of ether oxygens (including phenoxy) is 2. The molecule has 0 radical (unpaired) electrons. The summed E-state index contributed by atoms with van der Waals surface area (Å²) in [6.45, 7) is 2.12. The first-order valence-electron chi connectivity index (χ1n) is 2.98. The summed E-state index contributed by atoms with van der Waals surface area (Å²) < 4.78 is 9.92. The van der Waals surface area contributed by atoms with Crippen LogP contribution in [0.15, 0.2) is 0 Å². The summed E-state index contributed by atoms with van der Waals surface area (Å²) >= 11 is 1.82. The highest BCUT2D eigenvalue weighted by Crippen LogP contribution is 2.03. The molecule has 0 aliphatic carbocycles. The van der Waals surface area contributed by atoms with Gasteiger partial charge in [0.2, 0.25) is 0 Å². The number of hydrogen-bond donors (Lipinski definition) is 0. The van der Waals surface area contributed by atoms with Crippen molar-refractivity contribution in [2.45, 2.75) is 13.2 Å². The molecule has 0 bridgehead atoms. The second-order valence-electron chi connectivity index (χ2n) is 1.56. The van der Waals surface area contributed by atoms with Gasteiger partial charge in [-0.15, -0.1) is 0 Å². The molecule has 0 N–H and O–H groups in total. The minimum absolute atomic E-state index is 0.0325. The van der Waals surface area contributed by atoms with E-state index in [2.05, 4.69) is 6.92 Å². The fourth-order valence-electron chi connectivity index (χ4n) is 0.446. The van der Waals surface area contributed by atoms with Gasteiger partial charge in [-0.05, 0) is 5.75 Å². The van der Waals surface area contributed by atoms with Crippen molar-refractivity contribution in [1.29, 1.82) is 0 Å². The minimum Gasteiger partial charge on any atom is -0.355 e. The normalized spacial score (nSPS) is 10.7. The third-order valence-electron chi connectivity index (χ3n) is 0.984. The third kappa shape index (κ3) is 4.75. The van der Waals surface area contributed by atoms with Crippen LogP contribution >= 0.6 is 11.8 Å². The highest BCUT2D eigenvalue weighted by Gasteiger charge is 2.01. The predicted octanol–water partition coefficient (Wildman–Crippen LogP) is 1.36. The molecule has 0 atom stereocenters. The number of rotatable bonds is 5. The van der Waals surface area contributed by atoms with Crippen LogP contribution in [0.3, 0.4) is 0 Å². The Morgan fingerprint density at radius 3 is 2.22 bits per heavy atom. The van der Waals surface area contributed by atoms with E-state index in [0.717, 1.165) is 11.5 Å². The van der Waals surface area contributed by atoms with E-state index in [1.165, 1.54) is 0 Å². The topological polar surface area (TPSA) is 18.5 Å². The molecule has 56 valence electrons. The molecule has 2 nitrogen and oxygen atoms in total. The zero-order chi connectivity index (χ0) is 7.11. The molecule has 0 aliphatic heterocycles. The summed E-state index contributed by atoms with van der Waals surface area (Å²) in [5.41, 5.74) is 0. The predicted molar refractivity (Wildman–Crippen MR) is 40.8 cm³/mol. The van der Waals surface area contributed by atoms with Gasteiger partial charge in [-0.25, -0.2) is 0 Å². The Morgan fingerprint density at radius 2 is 1.89 bits per heavy atom. The summed E-state index contributed by atoms with van der Waals surface area (Å²) in [6, 6.07) is 0. The lowest BCUT2D eigenvalue weighted by Crippen LogP contribution is -2.15. The molecular formula is C6H14O2S. The van der Waals surface area contributed by atoms with E-state index < -0.39 is 0 Å². The Kier molecular flexibility index (Phi) is 6.58. The van der Waals surface area contributed by atoms with Crippen molar-refractivity contribution in [3.8, 4) is 0 Å². The van der Waals surface area contributed by atoms with Crippen LogP contribution in [0.25, 0.3) is 0 Å². The molecule has 0 saturated carbocycles. The largest absolute Gasteiger partial charge is 0.355 e. The first kappa shape index (κ1) is 9.27. The number of methoxy groups -OCH3 is 2. The van der Waals surface area contributed by atoms with Gasteiger partial charge in [0.05, 0.1) is 0 Å². The maximum absolute atomic E-state index is 4.96. The number of hydrogen-bond acceptors (Lipinski definition) is 3. The molecule has 0 aromatic carbocycles. The standard InChI is InChI=1S/C6H14O2S/c1-4-9-5-6(7-2)8-3/h6H,4-5H2,1-3H3. The van der Waals surface area contributed by atoms with Gasteiger partial charge in [-0.3, -0.25) is 0 Å². The Balaban J connectivity index is 3.09. The van der Waals surface area contributed by atoms with E-state index in [9.17, 15) is 0 Å². The average Bonchev–Trinajstić information content (AvgIpc) is 1.91. The van der Waals surface area contributed by atoms with E-state index >= 15 is 0 Å². The van der Waals surface area contributed by atoms with Crippen LogP contribution in [0.4, 0.5) is 0 Å². The van der Waals surface area contributed by atoms with Crippen molar-refractivity contribution in [2.75, 3.05) is 25.7 Å². The van der Waals surface area contributed by atoms with Crippen molar-refractivity contribution in [1.82, 2.24) is 0 Å². The van der Waals surface area contributed by atoms with Crippen molar-refractivity contribution in [3.05, 3.63) is 0 Å². The molecule has 0 unspecified atom stereocenters. The van der Waals surface area contributed by atoms with Crippen LogP contribution in [-0.2, 0) is 9.47 Å². The second-order valence-corrected chi connectivity index (χ2v) is 2.88. The molecule has 0 saturated heterocycles. The molecule has 9 heavy (non-hydrogen) atoms. The van der Waals surface area contributed by atoms with E-state index in [-0.39, 0.29) is 6.29 Å². The fraction of sp³-hybridized carbons (Fsp3) is 1.00. The average molecular weight is 150 g/mol. The maximum atomic E-state index is 4.96. The lowest BCUT2D eigenvalue weighted by molar-refractivity contribution is -0.0842. The SMILES string of the molecule is CCSCC(OC)OC. The molecule has 0 aliphatic rings. The van der Waals surface area contributed by atoms with Crippen molar-refractivity contribution < 1.29 is 9.47 Å². The minimum atomic E-state index is -0.0325. The lowest BCUT2D eigenvalue weighted by Gasteiger charge is -2.11. The molecule has 0 rings (SSSR count). The van der Waals surface area contributed by atoms with E-state index in [0.29, 0.717) is 0 Å². The van der Waals surface area contributed by atoms with Crippen LogP contribution in [-0.4, -0.2) is 32.0 Å². The maximum Gasteiger partial charge on any atom is 0.165 e. The zero-order valence-electron chi connectivity index (χ0n) is 6.22. The second kappa shape index (κ2) is 6.39. The van der Waals surface area contributed by atoms with Gasteiger partial charge in [0.15, 0.2) is 6.29 Å². The smallest absolute Gasteiger partial charge is 0.165 e. The summed E-state index contributed by atoms with van der Waals surface area (Å²) in [5.74, 6) is 2.03. The molecule has 0 amide bonds. The van der Waals surface area contributed by atoms with Crippen LogP contribution in [0.5, 0.6) is 0 Å². The fourth-order valence-corrected chi connectivity index (χ4v) is 1.15. The van der Waals surface area contributed by atoms with Gasteiger partial charge < -0.3 is 9.47 Å². The molecule has 0 spiro atoms. The van der Waals surface area contributed by atoms with Gasteiger partial charge in [0.25, 0.3) is 0 Å². The van der Waals surface area contributed by atoms with Gasteiger partial charge in [0, 0.05) is 20.0 Å². The van der Waals surface area contributed by atoms with Gasteiger partial charge in [-0.1, -0.05) is 6.92 Å². The van der Waals surface area contributed by atoms with Crippen LogP contribution in [0.1, 0.15) is 6.92 Å². The lowest BCUT2D eigenvalue weighted by atomic mass is 10.7.